The van der Waals surface area contributed by atoms with E-state index in [1.165, 1.54) is 10.6 Å². The van der Waals surface area contributed by atoms with E-state index in [2.05, 4.69) is 23.3 Å². The van der Waals surface area contributed by atoms with Crippen LogP contribution >= 0.6 is 11.8 Å². The van der Waals surface area contributed by atoms with Crippen molar-refractivity contribution < 1.29 is 9.47 Å². The van der Waals surface area contributed by atoms with Gasteiger partial charge in [0.25, 0.3) is 0 Å². The van der Waals surface area contributed by atoms with E-state index in [0.717, 1.165) is 17.0 Å². The van der Waals surface area contributed by atoms with Crippen molar-refractivity contribution in [2.45, 2.75) is 23.9 Å². The molecule has 4 nitrogen and oxygen atoms in total. The molecule has 0 N–H and O–H groups in total. The largest absolute Gasteiger partial charge is 0.352 e. The molecular formula is C15H20N2O2S. The fourth-order valence-electron chi connectivity index (χ4n) is 2.05. The molecule has 1 heterocycles. The smallest absolute Gasteiger partial charge is 0.183 e. The van der Waals surface area contributed by atoms with Crippen LogP contribution in [0.3, 0.4) is 0 Å². The average Bonchev–Trinajstić information content (AvgIpc) is 2.77. The van der Waals surface area contributed by atoms with Gasteiger partial charge in [-0.3, -0.25) is 4.68 Å². The lowest BCUT2D eigenvalue weighted by molar-refractivity contribution is -0.106. The quantitative estimate of drug-likeness (QED) is 0.604. The summed E-state index contributed by atoms with van der Waals surface area (Å²) >= 11 is 1.79. The van der Waals surface area contributed by atoms with E-state index in [1.807, 2.05) is 30.8 Å². The van der Waals surface area contributed by atoms with Gasteiger partial charge in [-0.15, -0.1) is 11.8 Å². The van der Waals surface area contributed by atoms with Gasteiger partial charge in [-0.1, -0.05) is 12.1 Å². The summed E-state index contributed by atoms with van der Waals surface area (Å²) in [5, 5.41) is 4.35. The first-order valence-electron chi connectivity index (χ1n) is 6.42. The van der Waals surface area contributed by atoms with E-state index >= 15 is 0 Å². The number of aryl methyl sites for hydroxylation is 2. The highest BCUT2D eigenvalue weighted by Gasteiger charge is 2.08. The number of hydrogen-bond donors (Lipinski definition) is 0. The number of benzene rings is 1. The number of thioether (sulfide) groups is 1. The second-order valence-electron chi connectivity index (χ2n) is 4.56. The highest BCUT2D eigenvalue weighted by molar-refractivity contribution is 7.98. The number of ether oxygens (including phenoxy) is 2. The molecular weight excluding hydrogens is 272 g/mol. The molecule has 0 fully saturated rings. The first-order chi connectivity index (χ1) is 9.63. The second-order valence-corrected chi connectivity index (χ2v) is 5.61. The molecule has 0 bridgehead atoms. The minimum atomic E-state index is -0.297. The lowest BCUT2D eigenvalue weighted by atomic mass is 10.2. The molecule has 0 atom stereocenters. The van der Waals surface area contributed by atoms with E-state index < -0.39 is 0 Å². The minimum Gasteiger partial charge on any atom is -0.352 e. The summed E-state index contributed by atoms with van der Waals surface area (Å²) in [5.74, 6) is 0.911. The van der Waals surface area contributed by atoms with Crippen molar-refractivity contribution in [1.29, 1.82) is 0 Å². The Bertz CT molecular complexity index is 548. The molecule has 2 rings (SSSR count). The van der Waals surface area contributed by atoms with Gasteiger partial charge < -0.3 is 9.47 Å². The summed E-state index contributed by atoms with van der Waals surface area (Å²) < 4.78 is 12.4. The summed E-state index contributed by atoms with van der Waals surface area (Å²) in [5.41, 5.74) is 3.31. The van der Waals surface area contributed by atoms with Crippen LogP contribution in [0.15, 0.2) is 35.2 Å². The topological polar surface area (TPSA) is 36.3 Å². The SMILES string of the molecule is COC(OC)c1ccc(SCc2cc(C)nn2C)cc1. The molecule has 0 amide bonds. The molecule has 0 saturated heterocycles. The zero-order valence-corrected chi connectivity index (χ0v) is 13.1. The molecule has 0 aliphatic carbocycles. The number of hydrogen-bond acceptors (Lipinski definition) is 4. The van der Waals surface area contributed by atoms with Gasteiger partial charge in [0.05, 0.1) is 5.69 Å². The Morgan fingerprint density at radius 3 is 2.35 bits per heavy atom. The van der Waals surface area contributed by atoms with Gasteiger partial charge in [0.15, 0.2) is 6.29 Å². The van der Waals surface area contributed by atoms with Crippen molar-refractivity contribution in [1.82, 2.24) is 9.78 Å². The third-order valence-corrected chi connectivity index (χ3v) is 4.11. The highest BCUT2D eigenvalue weighted by atomic mass is 32.2. The summed E-state index contributed by atoms with van der Waals surface area (Å²) in [7, 11) is 5.26. The summed E-state index contributed by atoms with van der Waals surface area (Å²) in [6.45, 7) is 2.01. The van der Waals surface area contributed by atoms with Crippen LogP contribution in [0, 0.1) is 6.92 Å². The predicted molar refractivity (Wildman–Crippen MR) is 80.7 cm³/mol. The monoisotopic (exact) mass is 292 g/mol. The highest BCUT2D eigenvalue weighted by Crippen LogP contribution is 2.25. The Balaban J connectivity index is 1.99. The third-order valence-electron chi connectivity index (χ3n) is 3.07. The lowest BCUT2D eigenvalue weighted by Crippen LogP contribution is -2.03. The van der Waals surface area contributed by atoms with Gasteiger partial charge in [0.2, 0.25) is 0 Å². The van der Waals surface area contributed by atoms with Crippen LogP contribution in [0.1, 0.15) is 23.2 Å². The standard InChI is InChI=1S/C15H20N2O2S/c1-11-9-13(17(2)16-11)10-20-14-7-5-12(6-8-14)15(18-3)19-4/h5-9,15H,10H2,1-4H3. The van der Waals surface area contributed by atoms with Crippen LogP contribution < -0.4 is 0 Å². The predicted octanol–water partition coefficient (Wildman–Crippen LogP) is 3.31. The Labute approximate surface area is 124 Å². The number of aromatic nitrogens is 2. The fraction of sp³-hybridized carbons (Fsp3) is 0.400. The van der Waals surface area contributed by atoms with E-state index in [-0.39, 0.29) is 6.29 Å². The van der Waals surface area contributed by atoms with Crippen molar-refractivity contribution in [2.24, 2.45) is 7.05 Å². The molecule has 1 aromatic heterocycles. The molecule has 0 saturated carbocycles. The minimum absolute atomic E-state index is 0.297. The Kier molecular flexibility index (Phi) is 5.23. The van der Waals surface area contributed by atoms with Gasteiger partial charge in [-0.2, -0.15) is 5.10 Å². The number of nitrogens with zero attached hydrogens (tertiary/aromatic N) is 2. The zero-order valence-electron chi connectivity index (χ0n) is 12.3. The summed E-state index contributed by atoms with van der Waals surface area (Å²) in [4.78, 5) is 1.22. The maximum Gasteiger partial charge on any atom is 0.183 e. The molecule has 5 heteroatoms. The molecule has 2 aromatic rings. The maximum absolute atomic E-state index is 5.23. The Hall–Kier alpha value is -1.30. The van der Waals surface area contributed by atoms with Gasteiger partial charge in [-0.05, 0) is 25.1 Å². The summed E-state index contributed by atoms with van der Waals surface area (Å²) in [6, 6.07) is 10.4. The van der Waals surface area contributed by atoms with Crippen LogP contribution in [0.5, 0.6) is 0 Å². The van der Waals surface area contributed by atoms with E-state index in [1.54, 1.807) is 26.0 Å². The van der Waals surface area contributed by atoms with Gasteiger partial charge in [0, 0.05) is 43.2 Å². The first-order valence-corrected chi connectivity index (χ1v) is 7.40. The molecule has 20 heavy (non-hydrogen) atoms. The Morgan fingerprint density at radius 1 is 1.20 bits per heavy atom. The van der Waals surface area contributed by atoms with Gasteiger partial charge in [0.1, 0.15) is 0 Å². The van der Waals surface area contributed by atoms with Crippen LogP contribution in [0.4, 0.5) is 0 Å². The number of rotatable bonds is 6. The molecule has 0 radical (unpaired) electrons. The van der Waals surface area contributed by atoms with E-state index in [0.29, 0.717) is 0 Å². The van der Waals surface area contributed by atoms with E-state index in [9.17, 15) is 0 Å². The Morgan fingerprint density at radius 2 is 1.85 bits per heavy atom. The maximum atomic E-state index is 5.23. The fourth-order valence-corrected chi connectivity index (χ4v) is 2.96. The molecule has 1 aromatic carbocycles. The van der Waals surface area contributed by atoms with Crippen LogP contribution in [-0.2, 0) is 22.3 Å². The van der Waals surface area contributed by atoms with Crippen molar-refractivity contribution in [2.75, 3.05) is 14.2 Å². The van der Waals surface area contributed by atoms with Crippen LogP contribution in [0.2, 0.25) is 0 Å². The van der Waals surface area contributed by atoms with Crippen LogP contribution in [0.25, 0.3) is 0 Å². The molecule has 0 aliphatic rings. The third kappa shape index (κ3) is 3.62. The summed E-state index contributed by atoms with van der Waals surface area (Å²) in [6.07, 6.45) is -0.297. The first kappa shape index (κ1) is 15.1. The van der Waals surface area contributed by atoms with Gasteiger partial charge in [-0.25, -0.2) is 0 Å². The van der Waals surface area contributed by atoms with E-state index in [4.69, 9.17) is 9.47 Å². The van der Waals surface area contributed by atoms with Crippen LogP contribution in [-0.4, -0.2) is 24.0 Å². The molecule has 0 unspecified atom stereocenters. The normalized spacial score (nSPS) is 11.2. The van der Waals surface area contributed by atoms with Crippen molar-refractivity contribution in [3.05, 3.63) is 47.3 Å². The molecule has 0 aliphatic heterocycles. The average molecular weight is 292 g/mol. The van der Waals surface area contributed by atoms with Crippen molar-refractivity contribution >= 4 is 11.8 Å². The van der Waals surface area contributed by atoms with Gasteiger partial charge >= 0.3 is 0 Å². The van der Waals surface area contributed by atoms with Crippen molar-refractivity contribution in [3.8, 4) is 0 Å². The molecule has 0 spiro atoms. The zero-order chi connectivity index (χ0) is 14.5. The van der Waals surface area contributed by atoms with Crippen molar-refractivity contribution in [3.63, 3.8) is 0 Å². The number of methoxy groups -OCH3 is 2. The molecule has 108 valence electrons. The lowest BCUT2D eigenvalue weighted by Gasteiger charge is -2.13. The second kappa shape index (κ2) is 6.92.